The zero-order chi connectivity index (χ0) is 26.7. The second kappa shape index (κ2) is 10.3. The second-order valence-electron chi connectivity index (χ2n) is 8.97. The average Bonchev–Trinajstić information content (AvgIpc) is 3.18. The predicted molar refractivity (Wildman–Crippen MR) is 132 cm³/mol. The maximum absolute atomic E-state index is 13.4. The zero-order valence-electron chi connectivity index (χ0n) is 20.9. The smallest absolute Gasteiger partial charge is 0.434 e. The van der Waals surface area contributed by atoms with Crippen LogP contribution < -0.4 is 4.74 Å². The molecule has 0 bridgehead atoms. The first-order valence-electron chi connectivity index (χ1n) is 11.8. The number of fused-ring (bicyclic) bond motifs is 3. The number of benzene rings is 2. The van der Waals surface area contributed by atoms with Crippen LogP contribution in [0.1, 0.15) is 49.3 Å². The van der Waals surface area contributed by atoms with Gasteiger partial charge in [-0.1, -0.05) is 13.8 Å². The Balaban J connectivity index is 1.81. The molecule has 194 valence electrons. The normalized spacial score (nSPS) is 14.3. The van der Waals surface area contributed by atoms with Gasteiger partial charge in [-0.05, 0) is 55.8 Å². The third-order valence-corrected chi connectivity index (χ3v) is 5.80. The molecule has 0 aliphatic carbocycles. The Hall–Kier alpha value is -4.34. The van der Waals surface area contributed by atoms with E-state index in [0.717, 1.165) is 10.9 Å². The fourth-order valence-electron chi connectivity index (χ4n) is 4.33. The van der Waals surface area contributed by atoms with Gasteiger partial charge in [0.25, 0.3) is 5.91 Å². The molecule has 0 unspecified atom stereocenters. The highest BCUT2D eigenvalue weighted by Gasteiger charge is 2.37. The van der Waals surface area contributed by atoms with E-state index in [1.807, 2.05) is 13.8 Å². The number of amides is 1. The van der Waals surface area contributed by atoms with Crippen molar-refractivity contribution in [1.29, 1.82) is 0 Å². The molecule has 0 spiro atoms. The minimum absolute atomic E-state index is 0.0681. The quantitative estimate of drug-likeness (QED) is 0.344. The van der Waals surface area contributed by atoms with E-state index >= 15 is 0 Å². The number of halogens is 1. The van der Waals surface area contributed by atoms with Crippen molar-refractivity contribution in [2.45, 2.75) is 33.1 Å². The summed E-state index contributed by atoms with van der Waals surface area (Å²) in [5.41, 5.74) is 1.52. The maximum Gasteiger partial charge on any atom is 0.513 e. The van der Waals surface area contributed by atoms with Gasteiger partial charge < -0.3 is 28.8 Å². The Bertz CT molecular complexity index is 1380. The number of aromatic amines is 1. The second-order valence-corrected chi connectivity index (χ2v) is 8.97. The molecule has 1 aliphatic rings. The Morgan fingerprint density at radius 3 is 2.27 bits per heavy atom. The number of rotatable bonds is 5. The highest BCUT2D eigenvalue weighted by Crippen LogP contribution is 2.41. The number of hydrogen-bond donors (Lipinski definition) is 1. The molecule has 3 aromatic rings. The molecule has 0 radical (unpaired) electrons. The highest BCUT2D eigenvalue weighted by atomic mass is 19.1. The third kappa shape index (κ3) is 5.42. The van der Waals surface area contributed by atoms with E-state index in [2.05, 4.69) is 4.98 Å². The van der Waals surface area contributed by atoms with Gasteiger partial charge in [0.1, 0.15) is 11.6 Å². The lowest BCUT2D eigenvalue weighted by atomic mass is 9.82. The summed E-state index contributed by atoms with van der Waals surface area (Å²) in [4.78, 5) is 42.1. The summed E-state index contributed by atoms with van der Waals surface area (Å²) in [6.45, 7) is 7.73. The van der Waals surface area contributed by atoms with Gasteiger partial charge in [0, 0.05) is 34.5 Å². The summed E-state index contributed by atoms with van der Waals surface area (Å²) in [6.07, 6.45) is -0.322. The van der Waals surface area contributed by atoms with Crippen LogP contribution >= 0.6 is 0 Å². The first-order valence-corrected chi connectivity index (χ1v) is 11.8. The number of H-pyrrole nitrogens is 1. The summed E-state index contributed by atoms with van der Waals surface area (Å²) in [5.74, 6) is -0.510. The average molecular weight is 511 g/mol. The van der Waals surface area contributed by atoms with Gasteiger partial charge in [0.15, 0.2) is 5.76 Å². The van der Waals surface area contributed by atoms with Gasteiger partial charge >= 0.3 is 12.3 Å². The first kappa shape index (κ1) is 25.7. The van der Waals surface area contributed by atoms with E-state index in [4.69, 9.17) is 18.9 Å². The summed E-state index contributed by atoms with van der Waals surface area (Å²) < 4.78 is 34.0. The van der Waals surface area contributed by atoms with Crippen molar-refractivity contribution in [2.75, 3.05) is 19.8 Å². The molecule has 2 heterocycles. The van der Waals surface area contributed by atoms with Crippen molar-refractivity contribution in [2.24, 2.45) is 0 Å². The Kier molecular flexibility index (Phi) is 7.19. The van der Waals surface area contributed by atoms with Crippen LogP contribution in [0.3, 0.4) is 0 Å². The van der Waals surface area contributed by atoms with Crippen molar-refractivity contribution in [3.05, 3.63) is 71.3 Å². The molecule has 0 saturated heterocycles. The van der Waals surface area contributed by atoms with Crippen molar-refractivity contribution >= 4 is 34.9 Å². The largest absolute Gasteiger partial charge is 0.513 e. The van der Waals surface area contributed by atoms with E-state index < -0.39 is 29.5 Å². The van der Waals surface area contributed by atoms with Crippen LogP contribution in [0.5, 0.6) is 5.75 Å². The van der Waals surface area contributed by atoms with Gasteiger partial charge in [-0.2, -0.15) is 0 Å². The van der Waals surface area contributed by atoms with Crippen molar-refractivity contribution < 1.29 is 37.7 Å². The van der Waals surface area contributed by atoms with Crippen LogP contribution in [0.4, 0.5) is 14.0 Å². The fourth-order valence-corrected chi connectivity index (χ4v) is 4.33. The molecular formula is C27H27FN2O7. The van der Waals surface area contributed by atoms with E-state index in [0.29, 0.717) is 11.2 Å². The number of hydrogen-bond acceptors (Lipinski definition) is 7. The van der Waals surface area contributed by atoms with Gasteiger partial charge in [0.05, 0.1) is 25.1 Å². The lowest BCUT2D eigenvalue weighted by molar-refractivity contribution is 0.0787. The Labute approximate surface area is 212 Å². The SMILES string of the molecule is CCOC(=O)OC1=CN(C(=O)c2ccc(F)cc2)CC(C)(C)c2c1[nH]c1cc(OC(=O)OCC)ccc21. The number of nitrogens with zero attached hydrogens (tertiary/aromatic N) is 1. The van der Waals surface area contributed by atoms with Gasteiger partial charge in [-0.15, -0.1) is 0 Å². The summed E-state index contributed by atoms with van der Waals surface area (Å²) in [5, 5.41) is 0.783. The standard InChI is InChI=1S/C27H27FN2O7/c1-5-34-25(32)36-18-11-12-19-20(13-18)29-23-21(37-26(33)35-6-2)14-30(15-27(3,4)22(19)23)24(31)16-7-9-17(28)10-8-16/h7-14,29H,5-6,15H2,1-4H3. The Morgan fingerprint density at radius 2 is 1.62 bits per heavy atom. The minimum atomic E-state index is -0.932. The van der Waals surface area contributed by atoms with Crippen LogP contribution in [0.15, 0.2) is 48.7 Å². The molecule has 2 aromatic carbocycles. The fraction of sp³-hybridized carbons (Fsp3) is 0.296. The predicted octanol–water partition coefficient (Wildman–Crippen LogP) is 5.75. The van der Waals surface area contributed by atoms with Gasteiger partial charge in [-0.3, -0.25) is 4.79 Å². The van der Waals surface area contributed by atoms with Gasteiger partial charge in [0.2, 0.25) is 0 Å². The van der Waals surface area contributed by atoms with Crippen molar-refractivity contribution in [1.82, 2.24) is 9.88 Å². The number of nitrogens with one attached hydrogen (secondary N) is 1. The molecule has 0 saturated carbocycles. The summed E-state index contributed by atoms with van der Waals surface area (Å²) in [6, 6.07) is 10.3. The lowest BCUT2D eigenvalue weighted by Crippen LogP contribution is -2.36. The monoisotopic (exact) mass is 510 g/mol. The van der Waals surface area contributed by atoms with Crippen LogP contribution in [-0.4, -0.2) is 47.9 Å². The number of carbonyl (C=O) groups is 3. The number of ether oxygens (including phenoxy) is 4. The molecule has 1 aliphatic heterocycles. The molecule has 1 N–H and O–H groups in total. The van der Waals surface area contributed by atoms with E-state index in [1.54, 1.807) is 32.0 Å². The molecule has 4 rings (SSSR count). The van der Waals surface area contributed by atoms with Crippen molar-refractivity contribution in [3.63, 3.8) is 0 Å². The van der Waals surface area contributed by atoms with Crippen molar-refractivity contribution in [3.8, 4) is 5.75 Å². The van der Waals surface area contributed by atoms with Crippen LogP contribution in [0.25, 0.3) is 16.7 Å². The van der Waals surface area contributed by atoms with E-state index in [-0.39, 0.29) is 36.8 Å². The molecule has 9 nitrogen and oxygen atoms in total. The number of carbonyl (C=O) groups excluding carboxylic acids is 3. The molecular weight excluding hydrogens is 483 g/mol. The van der Waals surface area contributed by atoms with E-state index in [9.17, 15) is 18.8 Å². The molecule has 1 aromatic heterocycles. The molecule has 10 heteroatoms. The molecule has 37 heavy (non-hydrogen) atoms. The minimum Gasteiger partial charge on any atom is -0.434 e. The maximum atomic E-state index is 13.4. The Morgan fingerprint density at radius 1 is 0.973 bits per heavy atom. The highest BCUT2D eigenvalue weighted by molar-refractivity contribution is 5.97. The van der Waals surface area contributed by atoms with Gasteiger partial charge in [-0.25, -0.2) is 14.0 Å². The van der Waals surface area contributed by atoms with E-state index in [1.165, 1.54) is 35.4 Å². The topological polar surface area (TPSA) is 107 Å². The zero-order valence-corrected chi connectivity index (χ0v) is 20.9. The molecule has 1 amide bonds. The summed E-state index contributed by atoms with van der Waals surface area (Å²) in [7, 11) is 0. The molecule has 0 fully saturated rings. The summed E-state index contributed by atoms with van der Waals surface area (Å²) >= 11 is 0. The van der Waals surface area contributed by atoms with Crippen LogP contribution in [0, 0.1) is 5.82 Å². The van der Waals surface area contributed by atoms with Crippen LogP contribution in [-0.2, 0) is 19.6 Å². The first-order chi connectivity index (χ1) is 17.6. The lowest BCUT2D eigenvalue weighted by Gasteiger charge is -2.29. The molecule has 0 atom stereocenters. The van der Waals surface area contributed by atoms with Crippen LogP contribution in [0.2, 0.25) is 0 Å². The number of aromatic nitrogens is 1. The third-order valence-electron chi connectivity index (χ3n) is 5.80.